The summed E-state index contributed by atoms with van der Waals surface area (Å²) < 4.78 is 22.8. The van der Waals surface area contributed by atoms with Crippen molar-refractivity contribution in [3.8, 4) is 0 Å². The normalized spacial score (nSPS) is 26.9. The van der Waals surface area contributed by atoms with Crippen LogP contribution in [0.15, 0.2) is 17.5 Å². The summed E-state index contributed by atoms with van der Waals surface area (Å²) in [4.78, 5) is 12.8. The summed E-state index contributed by atoms with van der Waals surface area (Å²) in [6.45, 7) is 1.80. The number of carbonyl (C=O) groups excluding carboxylic acids is 1. The highest BCUT2D eigenvalue weighted by Crippen LogP contribution is 2.23. The lowest BCUT2D eigenvalue weighted by Gasteiger charge is -2.23. The van der Waals surface area contributed by atoms with Crippen molar-refractivity contribution in [2.45, 2.75) is 25.3 Å². The molecule has 4 nitrogen and oxygen atoms in total. The van der Waals surface area contributed by atoms with Gasteiger partial charge in [-0.05, 0) is 24.8 Å². The Hall–Kier alpha value is -0.880. The third kappa shape index (κ3) is 3.29. The summed E-state index contributed by atoms with van der Waals surface area (Å²) in [6, 6.07) is 3.80. The molecule has 1 saturated heterocycles. The highest BCUT2D eigenvalue weighted by Gasteiger charge is 2.39. The zero-order valence-corrected chi connectivity index (χ0v) is 11.2. The second-order valence-electron chi connectivity index (χ2n) is 4.71. The second kappa shape index (κ2) is 4.42. The van der Waals surface area contributed by atoms with E-state index in [9.17, 15) is 13.2 Å². The van der Waals surface area contributed by atoms with Gasteiger partial charge in [0.15, 0.2) is 9.84 Å². The summed E-state index contributed by atoms with van der Waals surface area (Å²) in [5.74, 6) is 0.117. The molecule has 1 N–H and O–H groups in total. The standard InChI is InChI=1S/C11H15NO3S2/c1-11(4-6-17(14,15)8-11)12-10(13)7-9-3-2-5-16-9/h2-3,5H,4,6-8H2,1H3,(H,12,13). The third-order valence-electron chi connectivity index (χ3n) is 2.86. The van der Waals surface area contributed by atoms with Gasteiger partial charge >= 0.3 is 0 Å². The lowest BCUT2D eigenvalue weighted by molar-refractivity contribution is -0.121. The van der Waals surface area contributed by atoms with Gasteiger partial charge in [-0.25, -0.2) is 8.42 Å². The van der Waals surface area contributed by atoms with Crippen molar-refractivity contribution >= 4 is 27.1 Å². The topological polar surface area (TPSA) is 63.2 Å². The summed E-state index contributed by atoms with van der Waals surface area (Å²) in [5.41, 5.74) is -0.590. The number of carbonyl (C=O) groups is 1. The van der Waals surface area contributed by atoms with Crippen molar-refractivity contribution < 1.29 is 13.2 Å². The number of hydrogen-bond donors (Lipinski definition) is 1. The predicted octanol–water partition coefficient (Wildman–Crippen LogP) is 0.984. The highest BCUT2D eigenvalue weighted by molar-refractivity contribution is 7.91. The van der Waals surface area contributed by atoms with Crippen molar-refractivity contribution in [1.82, 2.24) is 5.32 Å². The molecule has 0 bridgehead atoms. The smallest absolute Gasteiger partial charge is 0.225 e. The van der Waals surface area contributed by atoms with E-state index in [0.29, 0.717) is 12.8 Å². The van der Waals surface area contributed by atoms with Crippen LogP contribution in [0.5, 0.6) is 0 Å². The first-order valence-corrected chi connectivity index (χ1v) is 8.13. The maximum absolute atomic E-state index is 11.8. The average Bonchev–Trinajstić information content (AvgIpc) is 2.74. The van der Waals surface area contributed by atoms with Gasteiger partial charge in [0.2, 0.25) is 5.91 Å². The van der Waals surface area contributed by atoms with Gasteiger partial charge in [0, 0.05) is 4.88 Å². The van der Waals surface area contributed by atoms with Crippen LogP contribution in [-0.4, -0.2) is 31.4 Å². The van der Waals surface area contributed by atoms with Gasteiger partial charge in [0.25, 0.3) is 0 Å². The van der Waals surface area contributed by atoms with Gasteiger partial charge in [-0.1, -0.05) is 6.07 Å². The average molecular weight is 273 g/mol. The maximum atomic E-state index is 11.8. The quantitative estimate of drug-likeness (QED) is 0.893. The molecule has 2 heterocycles. The molecule has 1 aromatic heterocycles. The van der Waals surface area contributed by atoms with Crippen molar-refractivity contribution in [3.63, 3.8) is 0 Å². The summed E-state index contributed by atoms with van der Waals surface area (Å²) >= 11 is 1.53. The van der Waals surface area contributed by atoms with E-state index in [1.165, 1.54) is 11.3 Å². The molecule has 1 amide bonds. The predicted molar refractivity (Wildman–Crippen MR) is 67.8 cm³/mol. The molecule has 0 aromatic carbocycles. The lowest BCUT2D eigenvalue weighted by Crippen LogP contribution is -2.47. The minimum Gasteiger partial charge on any atom is -0.350 e. The Balaban J connectivity index is 1.95. The van der Waals surface area contributed by atoms with Crippen molar-refractivity contribution in [1.29, 1.82) is 0 Å². The molecule has 1 aliphatic heterocycles. The van der Waals surface area contributed by atoms with E-state index < -0.39 is 15.4 Å². The van der Waals surface area contributed by atoms with Crippen LogP contribution in [0.4, 0.5) is 0 Å². The Morgan fingerprint density at radius 1 is 1.59 bits per heavy atom. The first-order valence-electron chi connectivity index (χ1n) is 5.42. The number of rotatable bonds is 3. The van der Waals surface area contributed by atoms with Crippen LogP contribution in [0, 0.1) is 0 Å². The van der Waals surface area contributed by atoms with Crippen LogP contribution in [0.1, 0.15) is 18.2 Å². The molecule has 6 heteroatoms. The van der Waals surface area contributed by atoms with E-state index >= 15 is 0 Å². The number of amides is 1. The minimum absolute atomic E-state index is 0.0518. The summed E-state index contributed by atoms with van der Waals surface area (Å²) in [6.07, 6.45) is 0.832. The molecular formula is C11H15NO3S2. The molecule has 17 heavy (non-hydrogen) atoms. The third-order valence-corrected chi connectivity index (χ3v) is 5.64. The molecular weight excluding hydrogens is 258 g/mol. The van der Waals surface area contributed by atoms with E-state index in [2.05, 4.69) is 5.32 Å². The molecule has 1 aromatic rings. The number of nitrogens with one attached hydrogen (secondary N) is 1. The van der Waals surface area contributed by atoms with Crippen LogP contribution in [0.3, 0.4) is 0 Å². The highest BCUT2D eigenvalue weighted by atomic mass is 32.2. The Bertz CT molecular complexity index is 507. The largest absolute Gasteiger partial charge is 0.350 e. The Kier molecular flexibility index (Phi) is 3.27. The molecule has 0 spiro atoms. The fraction of sp³-hybridized carbons (Fsp3) is 0.545. The lowest BCUT2D eigenvalue weighted by atomic mass is 10.0. The van der Waals surface area contributed by atoms with Crippen LogP contribution >= 0.6 is 11.3 Å². The van der Waals surface area contributed by atoms with E-state index in [1.54, 1.807) is 6.92 Å². The summed E-state index contributed by atoms with van der Waals surface area (Å²) in [7, 11) is -2.97. The second-order valence-corrected chi connectivity index (χ2v) is 7.92. The number of thiophene rings is 1. The molecule has 1 aliphatic rings. The SMILES string of the molecule is CC1(NC(=O)Cc2cccs2)CCS(=O)(=O)C1. The molecule has 0 radical (unpaired) electrons. The fourth-order valence-corrected chi connectivity index (χ4v) is 4.86. The van der Waals surface area contributed by atoms with Crippen LogP contribution in [0.2, 0.25) is 0 Å². The Labute approximate surface area is 105 Å². The zero-order valence-electron chi connectivity index (χ0n) is 9.60. The van der Waals surface area contributed by atoms with Crippen molar-refractivity contribution in [2.75, 3.05) is 11.5 Å². The maximum Gasteiger partial charge on any atom is 0.225 e. The van der Waals surface area contributed by atoms with Gasteiger partial charge in [-0.3, -0.25) is 4.79 Å². The number of sulfone groups is 1. The van der Waals surface area contributed by atoms with Crippen molar-refractivity contribution in [2.24, 2.45) is 0 Å². The van der Waals surface area contributed by atoms with Gasteiger partial charge in [0.1, 0.15) is 0 Å². The first kappa shape index (κ1) is 12.6. The summed E-state index contributed by atoms with van der Waals surface area (Å²) in [5, 5.41) is 4.76. The number of hydrogen-bond acceptors (Lipinski definition) is 4. The van der Waals surface area contributed by atoms with Crippen LogP contribution in [0.25, 0.3) is 0 Å². The molecule has 1 unspecified atom stereocenters. The van der Waals surface area contributed by atoms with E-state index in [1.807, 2.05) is 17.5 Å². The van der Waals surface area contributed by atoms with Gasteiger partial charge in [-0.2, -0.15) is 0 Å². The molecule has 0 saturated carbocycles. The molecule has 1 fully saturated rings. The van der Waals surface area contributed by atoms with E-state index in [-0.39, 0.29) is 17.4 Å². The van der Waals surface area contributed by atoms with Crippen molar-refractivity contribution in [3.05, 3.63) is 22.4 Å². The molecule has 1 atom stereocenters. The van der Waals surface area contributed by atoms with E-state index in [4.69, 9.17) is 0 Å². The monoisotopic (exact) mass is 273 g/mol. The van der Waals surface area contributed by atoms with Gasteiger partial charge in [-0.15, -0.1) is 11.3 Å². The van der Waals surface area contributed by atoms with Crippen LogP contribution < -0.4 is 5.32 Å². The van der Waals surface area contributed by atoms with Crippen LogP contribution in [-0.2, 0) is 21.1 Å². The molecule has 94 valence electrons. The van der Waals surface area contributed by atoms with Gasteiger partial charge in [0.05, 0.1) is 23.5 Å². The molecule has 0 aliphatic carbocycles. The minimum atomic E-state index is -2.97. The zero-order chi connectivity index (χ0) is 12.5. The Morgan fingerprint density at radius 2 is 2.35 bits per heavy atom. The van der Waals surface area contributed by atoms with Gasteiger partial charge < -0.3 is 5.32 Å². The molecule has 2 rings (SSSR count). The fourth-order valence-electron chi connectivity index (χ4n) is 2.06. The Morgan fingerprint density at radius 3 is 2.88 bits per heavy atom. The van der Waals surface area contributed by atoms with E-state index in [0.717, 1.165) is 4.88 Å². The first-order chi connectivity index (χ1) is 7.89.